The molecule has 1 aromatic heterocycles. The highest BCUT2D eigenvalue weighted by atomic mass is 32.2. The summed E-state index contributed by atoms with van der Waals surface area (Å²) in [5, 5.41) is 15.5. The first-order valence-corrected chi connectivity index (χ1v) is 11.3. The van der Waals surface area contributed by atoms with Crippen molar-refractivity contribution in [3.63, 3.8) is 0 Å². The highest BCUT2D eigenvalue weighted by molar-refractivity contribution is 8.27. The number of nitrogens with zero attached hydrogens (tertiary/aromatic N) is 4. The molecule has 0 saturated heterocycles. The Morgan fingerprint density at radius 1 is 1.06 bits per heavy atom. The Balaban J connectivity index is 1.40. The highest BCUT2D eigenvalue weighted by Crippen LogP contribution is 2.30. The van der Waals surface area contributed by atoms with Crippen LogP contribution < -0.4 is 9.47 Å². The highest BCUT2D eigenvalue weighted by Gasteiger charge is 2.36. The van der Waals surface area contributed by atoms with Crippen LogP contribution in [0, 0.1) is 12.3 Å². The van der Waals surface area contributed by atoms with Crippen LogP contribution in [0.25, 0.3) is 11.8 Å². The van der Waals surface area contributed by atoms with E-state index in [4.69, 9.17) is 14.9 Å². The maximum absolute atomic E-state index is 12.8. The van der Waals surface area contributed by atoms with Gasteiger partial charge in [-0.2, -0.15) is 15.1 Å². The van der Waals surface area contributed by atoms with E-state index >= 15 is 0 Å². The summed E-state index contributed by atoms with van der Waals surface area (Å²) in [5.74, 6) is 0.956. The normalized spacial score (nSPS) is 16.4. The van der Waals surface area contributed by atoms with E-state index in [2.05, 4.69) is 10.1 Å². The third-order valence-corrected chi connectivity index (χ3v) is 6.24. The number of amides is 1. The second kappa shape index (κ2) is 9.03. The summed E-state index contributed by atoms with van der Waals surface area (Å²) in [5.41, 5.74) is 2.72. The smallest absolute Gasteiger partial charge is 0.283 e. The van der Waals surface area contributed by atoms with Gasteiger partial charge in [0.25, 0.3) is 5.91 Å². The molecule has 0 atom stereocenters. The van der Waals surface area contributed by atoms with Gasteiger partial charge in [-0.1, -0.05) is 30.3 Å². The summed E-state index contributed by atoms with van der Waals surface area (Å²) in [7, 11) is 1.61. The van der Waals surface area contributed by atoms with E-state index in [1.165, 1.54) is 16.8 Å². The fraction of sp³-hybridized carbons (Fsp3) is 0.120. The molecular formula is C25H21N5O3S. The van der Waals surface area contributed by atoms with Crippen LogP contribution >= 0.6 is 11.8 Å². The van der Waals surface area contributed by atoms with E-state index in [-0.39, 0.29) is 18.0 Å². The number of fused-ring (bicyclic) bond motifs is 1. The predicted molar refractivity (Wildman–Crippen MR) is 134 cm³/mol. The number of rotatable bonds is 6. The molecule has 9 heteroatoms. The number of aryl methyl sites for hydroxylation is 1. The van der Waals surface area contributed by atoms with Crippen LogP contribution in [-0.2, 0) is 4.79 Å². The lowest BCUT2D eigenvalue weighted by molar-refractivity contribution is -0.114. The quantitative estimate of drug-likeness (QED) is 0.535. The molecule has 170 valence electrons. The molecule has 34 heavy (non-hydrogen) atoms. The maximum Gasteiger partial charge on any atom is 0.283 e. The second-order valence-electron chi connectivity index (χ2n) is 7.54. The third-order valence-electron chi connectivity index (χ3n) is 5.36. The van der Waals surface area contributed by atoms with Crippen LogP contribution in [0.1, 0.15) is 11.3 Å². The summed E-state index contributed by atoms with van der Waals surface area (Å²) in [6.45, 7) is 2.20. The number of para-hydroxylation sites is 3. The number of benzene rings is 2. The monoisotopic (exact) mass is 471 g/mol. The van der Waals surface area contributed by atoms with Crippen molar-refractivity contribution >= 4 is 39.8 Å². The van der Waals surface area contributed by atoms with Crippen LogP contribution in [0.15, 0.2) is 82.5 Å². The molecule has 1 N–H and O–H groups in total. The maximum atomic E-state index is 12.8. The van der Waals surface area contributed by atoms with E-state index in [0.29, 0.717) is 16.0 Å². The van der Waals surface area contributed by atoms with Crippen molar-refractivity contribution in [2.24, 2.45) is 10.1 Å². The first-order chi connectivity index (χ1) is 16.5. The summed E-state index contributed by atoms with van der Waals surface area (Å²) in [6, 6.07) is 19.1. The van der Waals surface area contributed by atoms with Crippen molar-refractivity contribution < 1.29 is 14.3 Å². The number of hydrazone groups is 1. The summed E-state index contributed by atoms with van der Waals surface area (Å²) in [6.07, 6.45) is 3.53. The molecule has 0 aliphatic carbocycles. The summed E-state index contributed by atoms with van der Waals surface area (Å²) in [4.78, 5) is 17.0. The van der Waals surface area contributed by atoms with Crippen molar-refractivity contribution in [2.45, 2.75) is 6.92 Å². The minimum atomic E-state index is -0.479. The number of carbonyl (C=O) groups is 1. The standard InChI is InChI=1S/C25H21N5O3S/c1-16-8-3-5-11-20(16)33-15-22-28-30-23(26)18(24(31)27-25(30)34-22)14-17-9-7-13-29(17)19-10-4-6-12-21(19)32-2/h3-14,26H,15H2,1-2H3/b18-14+,26-23?. The predicted octanol–water partition coefficient (Wildman–Crippen LogP) is 4.49. The van der Waals surface area contributed by atoms with E-state index in [9.17, 15) is 4.79 Å². The van der Waals surface area contributed by atoms with Gasteiger partial charge in [0, 0.05) is 11.9 Å². The lowest BCUT2D eigenvalue weighted by Gasteiger charge is -2.20. The zero-order valence-corrected chi connectivity index (χ0v) is 19.4. The zero-order chi connectivity index (χ0) is 23.7. The molecule has 2 aliphatic rings. The minimum Gasteiger partial charge on any atom is -0.495 e. The summed E-state index contributed by atoms with van der Waals surface area (Å²) >= 11 is 1.23. The molecule has 0 saturated carbocycles. The largest absolute Gasteiger partial charge is 0.495 e. The Hall–Kier alpha value is -4.11. The number of hydrogen-bond donors (Lipinski definition) is 1. The molecule has 3 aromatic rings. The van der Waals surface area contributed by atoms with Crippen LogP contribution in [0.2, 0.25) is 0 Å². The third kappa shape index (κ3) is 4.01. The van der Waals surface area contributed by atoms with Crippen molar-refractivity contribution in [3.8, 4) is 17.2 Å². The number of ether oxygens (including phenoxy) is 2. The van der Waals surface area contributed by atoms with Gasteiger partial charge < -0.3 is 14.0 Å². The van der Waals surface area contributed by atoms with Gasteiger partial charge in [-0.05, 0) is 60.7 Å². The van der Waals surface area contributed by atoms with E-state index in [0.717, 1.165) is 22.7 Å². The second-order valence-corrected chi connectivity index (χ2v) is 8.58. The van der Waals surface area contributed by atoms with Crippen molar-refractivity contribution in [3.05, 3.63) is 83.7 Å². The lowest BCUT2D eigenvalue weighted by Crippen LogP contribution is -2.35. The van der Waals surface area contributed by atoms with Gasteiger partial charge in [0.05, 0.1) is 18.4 Å². The van der Waals surface area contributed by atoms with Gasteiger partial charge in [-0.3, -0.25) is 10.2 Å². The molecule has 1 amide bonds. The molecule has 0 bridgehead atoms. The average molecular weight is 472 g/mol. The topological polar surface area (TPSA) is 92.3 Å². The molecule has 3 heterocycles. The number of aromatic nitrogens is 1. The number of aliphatic imine (C=N–C) groups is 1. The van der Waals surface area contributed by atoms with Gasteiger partial charge >= 0.3 is 0 Å². The van der Waals surface area contributed by atoms with Crippen molar-refractivity contribution in [1.82, 2.24) is 9.58 Å². The Labute approximate surface area is 200 Å². The molecule has 0 spiro atoms. The average Bonchev–Trinajstić information content (AvgIpc) is 3.48. The number of nitrogens with one attached hydrogen (secondary N) is 1. The van der Waals surface area contributed by atoms with Crippen LogP contribution in [0.3, 0.4) is 0 Å². The summed E-state index contributed by atoms with van der Waals surface area (Å²) < 4.78 is 13.2. The van der Waals surface area contributed by atoms with Gasteiger partial charge in [-0.15, -0.1) is 0 Å². The molecule has 2 aliphatic heterocycles. The van der Waals surface area contributed by atoms with E-state index < -0.39 is 5.91 Å². The van der Waals surface area contributed by atoms with Crippen LogP contribution in [-0.4, -0.2) is 45.2 Å². The molecule has 0 fully saturated rings. The fourth-order valence-corrected chi connectivity index (χ4v) is 4.45. The fourth-order valence-electron chi connectivity index (χ4n) is 3.66. The SMILES string of the molecule is COc1ccccc1-n1cccc1/C=C1\C(=N)N2N=C(COc3ccccc3C)SC2=NC1=O. The Morgan fingerprint density at radius 2 is 1.82 bits per heavy atom. The molecule has 5 rings (SSSR count). The zero-order valence-electron chi connectivity index (χ0n) is 18.6. The Bertz CT molecular complexity index is 1390. The number of hydrogen-bond acceptors (Lipinski definition) is 6. The van der Waals surface area contributed by atoms with Gasteiger partial charge in [-0.25, -0.2) is 0 Å². The van der Waals surface area contributed by atoms with Gasteiger partial charge in [0.2, 0.25) is 5.17 Å². The minimum absolute atomic E-state index is 0.0267. The van der Waals surface area contributed by atoms with Gasteiger partial charge in [0.1, 0.15) is 23.1 Å². The molecular weight excluding hydrogens is 450 g/mol. The number of carbonyl (C=O) groups excluding carboxylic acids is 1. The number of thioether (sulfide) groups is 1. The van der Waals surface area contributed by atoms with Gasteiger partial charge in [0.15, 0.2) is 5.84 Å². The number of methoxy groups -OCH3 is 1. The molecule has 8 nitrogen and oxygen atoms in total. The Morgan fingerprint density at radius 3 is 2.62 bits per heavy atom. The molecule has 0 unspecified atom stereocenters. The molecule has 0 radical (unpaired) electrons. The van der Waals surface area contributed by atoms with Crippen molar-refractivity contribution in [1.29, 1.82) is 5.41 Å². The van der Waals surface area contributed by atoms with Crippen LogP contribution in [0.4, 0.5) is 0 Å². The lowest BCUT2D eigenvalue weighted by atomic mass is 10.1. The first-order valence-electron chi connectivity index (χ1n) is 10.5. The number of amidine groups is 2. The van der Waals surface area contributed by atoms with E-state index in [1.54, 1.807) is 13.2 Å². The first kappa shape index (κ1) is 21.7. The van der Waals surface area contributed by atoms with Crippen molar-refractivity contribution in [2.75, 3.05) is 13.7 Å². The van der Waals surface area contributed by atoms with Crippen LogP contribution in [0.5, 0.6) is 11.5 Å². The van der Waals surface area contributed by atoms with E-state index in [1.807, 2.05) is 78.4 Å². The molecule has 2 aromatic carbocycles. The Kier molecular flexibility index (Phi) is 5.77.